The molecule has 1 heterocycles. The van der Waals surface area contributed by atoms with Gasteiger partial charge in [-0.25, -0.2) is 0 Å². The Morgan fingerprint density at radius 1 is 1.14 bits per heavy atom. The van der Waals surface area contributed by atoms with Crippen LogP contribution in [0.1, 0.15) is 37.1 Å². The quantitative estimate of drug-likeness (QED) is 0.825. The molecule has 1 aromatic carbocycles. The number of ether oxygens (including phenoxy) is 1. The molecule has 0 saturated carbocycles. The van der Waals surface area contributed by atoms with Crippen molar-refractivity contribution in [2.75, 3.05) is 13.7 Å². The molecule has 4 heteroatoms. The fraction of sp³-hybridized carbons (Fsp3) is 0.389. The van der Waals surface area contributed by atoms with Crippen LogP contribution in [0.2, 0.25) is 0 Å². The second-order valence-corrected chi connectivity index (χ2v) is 5.71. The standard InChI is InChI=1S/C18H24N2O2/c1-13(2)18(14-6-8-16(22-3)9-7-14)20-12-17(21)15-5-4-10-19-11-15/h4-11,13,17-18,20-21H,12H2,1-3H3/t17-,18-/m1/s1. The van der Waals surface area contributed by atoms with Gasteiger partial charge in [-0.05, 0) is 29.7 Å². The fourth-order valence-corrected chi connectivity index (χ4v) is 2.48. The molecule has 0 radical (unpaired) electrons. The van der Waals surface area contributed by atoms with Crippen LogP contribution < -0.4 is 10.1 Å². The molecule has 0 aliphatic rings. The number of pyridine rings is 1. The summed E-state index contributed by atoms with van der Waals surface area (Å²) in [5.74, 6) is 1.26. The molecule has 0 spiro atoms. The highest BCUT2D eigenvalue weighted by Crippen LogP contribution is 2.24. The average molecular weight is 300 g/mol. The molecular formula is C18H24N2O2. The number of hydrogen-bond acceptors (Lipinski definition) is 4. The van der Waals surface area contributed by atoms with Gasteiger partial charge < -0.3 is 15.2 Å². The van der Waals surface area contributed by atoms with Gasteiger partial charge >= 0.3 is 0 Å². The number of rotatable bonds is 7. The molecule has 0 fully saturated rings. The van der Waals surface area contributed by atoms with Gasteiger partial charge in [-0.3, -0.25) is 4.98 Å². The molecule has 4 nitrogen and oxygen atoms in total. The van der Waals surface area contributed by atoms with Crippen molar-refractivity contribution >= 4 is 0 Å². The number of nitrogens with zero attached hydrogens (tertiary/aromatic N) is 1. The monoisotopic (exact) mass is 300 g/mol. The van der Waals surface area contributed by atoms with Gasteiger partial charge in [0.25, 0.3) is 0 Å². The molecule has 0 unspecified atom stereocenters. The van der Waals surface area contributed by atoms with E-state index in [1.165, 1.54) is 5.56 Å². The van der Waals surface area contributed by atoms with E-state index < -0.39 is 6.10 Å². The smallest absolute Gasteiger partial charge is 0.118 e. The summed E-state index contributed by atoms with van der Waals surface area (Å²) in [5.41, 5.74) is 2.02. The Morgan fingerprint density at radius 2 is 1.86 bits per heavy atom. The maximum atomic E-state index is 10.3. The first-order valence-electron chi connectivity index (χ1n) is 7.57. The van der Waals surface area contributed by atoms with Gasteiger partial charge in [-0.2, -0.15) is 0 Å². The molecule has 0 aliphatic heterocycles. The largest absolute Gasteiger partial charge is 0.497 e. The summed E-state index contributed by atoms with van der Waals surface area (Å²) >= 11 is 0. The highest BCUT2D eigenvalue weighted by Gasteiger charge is 2.17. The van der Waals surface area contributed by atoms with Crippen LogP contribution in [0.5, 0.6) is 5.75 Å². The topological polar surface area (TPSA) is 54.4 Å². The lowest BCUT2D eigenvalue weighted by molar-refractivity contribution is 0.165. The Bertz CT molecular complexity index is 555. The maximum Gasteiger partial charge on any atom is 0.118 e. The molecular weight excluding hydrogens is 276 g/mol. The Hall–Kier alpha value is -1.91. The van der Waals surface area contributed by atoms with Gasteiger partial charge in [0.05, 0.1) is 13.2 Å². The molecule has 1 aromatic heterocycles. The summed E-state index contributed by atoms with van der Waals surface area (Å²) in [6.07, 6.45) is 2.84. The van der Waals surface area contributed by atoms with E-state index in [9.17, 15) is 5.11 Å². The van der Waals surface area contributed by atoms with Gasteiger partial charge in [0.15, 0.2) is 0 Å². The fourth-order valence-electron chi connectivity index (χ4n) is 2.48. The lowest BCUT2D eigenvalue weighted by atomic mass is 9.95. The number of nitrogens with one attached hydrogen (secondary N) is 1. The molecule has 0 saturated heterocycles. The lowest BCUT2D eigenvalue weighted by Crippen LogP contribution is -2.29. The van der Waals surface area contributed by atoms with Gasteiger partial charge in [0.2, 0.25) is 0 Å². The van der Waals surface area contributed by atoms with Crippen LogP contribution in [0.15, 0.2) is 48.8 Å². The molecule has 0 aliphatic carbocycles. The second kappa shape index (κ2) is 7.92. The van der Waals surface area contributed by atoms with E-state index in [2.05, 4.69) is 36.3 Å². The van der Waals surface area contributed by atoms with Crippen LogP contribution in [-0.2, 0) is 0 Å². The van der Waals surface area contributed by atoms with Crippen molar-refractivity contribution in [3.8, 4) is 5.75 Å². The van der Waals surface area contributed by atoms with Crippen LogP contribution >= 0.6 is 0 Å². The lowest BCUT2D eigenvalue weighted by Gasteiger charge is -2.25. The van der Waals surface area contributed by atoms with Gasteiger partial charge in [-0.1, -0.05) is 32.0 Å². The first-order valence-corrected chi connectivity index (χ1v) is 7.57. The Balaban J connectivity index is 2.02. The zero-order valence-corrected chi connectivity index (χ0v) is 13.4. The third-order valence-corrected chi connectivity index (χ3v) is 3.74. The predicted molar refractivity (Wildman–Crippen MR) is 87.8 cm³/mol. The molecule has 2 N–H and O–H groups in total. The summed E-state index contributed by atoms with van der Waals surface area (Å²) in [6.45, 7) is 4.82. The number of benzene rings is 1. The van der Waals surface area contributed by atoms with Crippen molar-refractivity contribution in [3.05, 3.63) is 59.9 Å². The Labute approximate surface area is 132 Å². The first-order chi connectivity index (χ1) is 10.6. The van der Waals surface area contributed by atoms with Crippen molar-refractivity contribution < 1.29 is 9.84 Å². The van der Waals surface area contributed by atoms with Gasteiger partial charge in [-0.15, -0.1) is 0 Å². The molecule has 2 rings (SSSR count). The van der Waals surface area contributed by atoms with Gasteiger partial charge in [0.1, 0.15) is 5.75 Å². The van der Waals surface area contributed by atoms with E-state index in [-0.39, 0.29) is 6.04 Å². The summed E-state index contributed by atoms with van der Waals surface area (Å²) < 4.78 is 5.20. The number of hydrogen-bond donors (Lipinski definition) is 2. The minimum Gasteiger partial charge on any atom is -0.497 e. The van der Waals surface area contributed by atoms with Crippen molar-refractivity contribution in [2.24, 2.45) is 5.92 Å². The van der Waals surface area contributed by atoms with Crippen molar-refractivity contribution in [1.82, 2.24) is 10.3 Å². The van der Waals surface area contributed by atoms with E-state index >= 15 is 0 Å². The molecule has 118 valence electrons. The summed E-state index contributed by atoms with van der Waals surface area (Å²) in [6, 6.07) is 11.9. The van der Waals surface area contributed by atoms with Gasteiger partial charge in [0, 0.05) is 30.5 Å². The van der Waals surface area contributed by atoms with Crippen molar-refractivity contribution in [2.45, 2.75) is 26.0 Å². The molecule has 0 amide bonds. The molecule has 0 bridgehead atoms. The third-order valence-electron chi connectivity index (χ3n) is 3.74. The normalized spacial score (nSPS) is 13.9. The minimum absolute atomic E-state index is 0.178. The summed E-state index contributed by atoms with van der Waals surface area (Å²) in [4.78, 5) is 4.04. The third kappa shape index (κ3) is 4.29. The van der Waals surface area contributed by atoms with Crippen LogP contribution in [0.4, 0.5) is 0 Å². The Morgan fingerprint density at radius 3 is 2.41 bits per heavy atom. The minimum atomic E-state index is -0.562. The zero-order chi connectivity index (χ0) is 15.9. The molecule has 2 aromatic rings. The number of aliphatic hydroxyl groups excluding tert-OH is 1. The molecule has 2 atom stereocenters. The second-order valence-electron chi connectivity index (χ2n) is 5.71. The number of aliphatic hydroxyl groups is 1. The summed E-state index contributed by atoms with van der Waals surface area (Å²) in [5, 5.41) is 13.7. The van der Waals surface area contributed by atoms with E-state index in [0.717, 1.165) is 11.3 Å². The number of methoxy groups -OCH3 is 1. The highest BCUT2D eigenvalue weighted by atomic mass is 16.5. The highest BCUT2D eigenvalue weighted by molar-refractivity contribution is 5.29. The SMILES string of the molecule is COc1ccc([C@H](NC[C@@H](O)c2cccnc2)C(C)C)cc1. The Kier molecular flexibility index (Phi) is 5.92. The van der Waals surface area contributed by atoms with Crippen LogP contribution in [-0.4, -0.2) is 23.7 Å². The average Bonchev–Trinajstić information content (AvgIpc) is 2.56. The van der Waals surface area contributed by atoms with E-state index in [1.807, 2.05) is 24.3 Å². The summed E-state index contributed by atoms with van der Waals surface area (Å²) in [7, 11) is 1.66. The van der Waals surface area contributed by atoms with E-state index in [0.29, 0.717) is 12.5 Å². The molecule has 22 heavy (non-hydrogen) atoms. The predicted octanol–water partition coefficient (Wildman–Crippen LogP) is 3.11. The van der Waals surface area contributed by atoms with Crippen molar-refractivity contribution in [3.63, 3.8) is 0 Å². The van der Waals surface area contributed by atoms with Crippen LogP contribution in [0.25, 0.3) is 0 Å². The maximum absolute atomic E-state index is 10.3. The first kappa shape index (κ1) is 16.5. The zero-order valence-electron chi connectivity index (χ0n) is 13.4. The van der Waals surface area contributed by atoms with E-state index in [4.69, 9.17) is 4.74 Å². The van der Waals surface area contributed by atoms with Crippen LogP contribution in [0.3, 0.4) is 0 Å². The van der Waals surface area contributed by atoms with Crippen molar-refractivity contribution in [1.29, 1.82) is 0 Å². The van der Waals surface area contributed by atoms with E-state index in [1.54, 1.807) is 19.5 Å². The van der Waals surface area contributed by atoms with Crippen LogP contribution in [0, 0.1) is 5.92 Å². The number of aromatic nitrogens is 1.